The lowest BCUT2D eigenvalue weighted by atomic mass is 9.95. The SMILES string of the molecule is C[C@@H]1O[C@@H](CO[C@@H]2[C@@H](O)[C@H](OCCc3ccc(O)c(O)c3)O[C@H](CO[C@@H]3O[C@H](CO)[C@@H](O)[C@H](O)[C@H]3O)[C@H]2OC(=O)/C=C/c2ccc(O)cc2)[C@H](O)[C@H](O)[C@H]1O. The van der Waals surface area contributed by atoms with E-state index in [0.29, 0.717) is 11.1 Å². The molecule has 0 saturated carbocycles. The minimum Gasteiger partial charge on any atom is -0.508 e. The van der Waals surface area contributed by atoms with E-state index in [1.54, 1.807) is 0 Å². The van der Waals surface area contributed by atoms with Gasteiger partial charge in [0.25, 0.3) is 0 Å². The van der Waals surface area contributed by atoms with Crippen molar-refractivity contribution in [2.24, 2.45) is 0 Å². The van der Waals surface area contributed by atoms with Crippen LogP contribution in [0, 0.1) is 0 Å². The number of ether oxygens (including phenoxy) is 7. The van der Waals surface area contributed by atoms with Crippen LogP contribution in [0.3, 0.4) is 0 Å². The third-order valence-electron chi connectivity index (χ3n) is 9.56. The lowest BCUT2D eigenvalue weighted by molar-refractivity contribution is -0.336. The Hall–Kier alpha value is -3.51. The molecule has 306 valence electrons. The summed E-state index contributed by atoms with van der Waals surface area (Å²) in [5.74, 6) is -1.67. The van der Waals surface area contributed by atoms with Gasteiger partial charge in [0.2, 0.25) is 0 Å². The summed E-state index contributed by atoms with van der Waals surface area (Å²) in [5.41, 5.74) is 1.06. The van der Waals surface area contributed by atoms with Crippen molar-refractivity contribution in [3.63, 3.8) is 0 Å². The first kappa shape index (κ1) is 42.6. The summed E-state index contributed by atoms with van der Waals surface area (Å²) in [6.45, 7) is -0.538. The summed E-state index contributed by atoms with van der Waals surface area (Å²) < 4.78 is 40.5. The van der Waals surface area contributed by atoms with E-state index < -0.39 is 118 Å². The van der Waals surface area contributed by atoms with E-state index in [2.05, 4.69) is 0 Å². The van der Waals surface area contributed by atoms with Crippen LogP contribution in [0.4, 0.5) is 0 Å². The van der Waals surface area contributed by atoms with Gasteiger partial charge >= 0.3 is 5.97 Å². The molecule has 3 heterocycles. The molecule has 3 fully saturated rings. The largest absolute Gasteiger partial charge is 0.508 e. The molecule has 19 heteroatoms. The van der Waals surface area contributed by atoms with Crippen LogP contribution in [0.1, 0.15) is 18.1 Å². The van der Waals surface area contributed by atoms with Crippen LogP contribution in [-0.4, -0.2) is 181 Å². The number of carbonyl (C=O) groups is 1. The number of phenolic OH excluding ortho intramolecular Hbond substituents is 3. The number of aliphatic hydroxyl groups excluding tert-OH is 8. The zero-order valence-corrected chi connectivity index (χ0v) is 29.6. The zero-order valence-electron chi connectivity index (χ0n) is 29.6. The normalized spacial score (nSPS) is 36.9. The first-order valence-corrected chi connectivity index (χ1v) is 17.6. The van der Waals surface area contributed by atoms with Crippen molar-refractivity contribution in [2.45, 2.75) is 105 Å². The van der Waals surface area contributed by atoms with Crippen molar-refractivity contribution in [2.75, 3.05) is 26.4 Å². The Morgan fingerprint density at radius 2 is 1.31 bits per heavy atom. The number of rotatable bonds is 14. The maximum Gasteiger partial charge on any atom is 0.331 e. The smallest absolute Gasteiger partial charge is 0.331 e. The molecule has 2 aromatic carbocycles. The number of benzene rings is 2. The Balaban J connectivity index is 1.40. The first-order chi connectivity index (χ1) is 26.2. The van der Waals surface area contributed by atoms with Crippen molar-refractivity contribution in [3.05, 3.63) is 59.7 Å². The number of carbonyl (C=O) groups excluding carboxylic acids is 1. The van der Waals surface area contributed by atoms with Crippen LogP contribution in [0.25, 0.3) is 6.08 Å². The standard InChI is InChI=1S/C36H48O19/c1-16-26(42)29(45)28(44)23(52-16)14-50-34-32(48)36(49-11-10-18-4-8-20(39)21(40)12-18)54-24(15-51-35-31(47)30(46)27(43)22(13-37)53-35)33(34)55-25(41)9-5-17-2-6-19(38)7-3-17/h2-9,12,16,22-24,26-40,42-48H,10-11,13-15H2,1H3/b9-5+/t16-,22+,23-,24+,26-,27+,28-,29+,30-,31+,32+,33+,34+,35+,36+/m0/s1. The molecule has 0 aromatic heterocycles. The molecular formula is C36H48O19. The summed E-state index contributed by atoms with van der Waals surface area (Å²) in [6.07, 6.45) is -20.2. The Labute approximate surface area is 314 Å². The minimum atomic E-state index is -1.81. The van der Waals surface area contributed by atoms with Gasteiger partial charge in [0.1, 0.15) is 72.9 Å². The first-order valence-electron chi connectivity index (χ1n) is 17.6. The molecule has 0 radical (unpaired) electrons. The zero-order chi connectivity index (χ0) is 40.0. The molecule has 0 amide bonds. The van der Waals surface area contributed by atoms with E-state index in [-0.39, 0.29) is 30.3 Å². The predicted octanol–water partition coefficient (Wildman–Crippen LogP) is -2.85. The van der Waals surface area contributed by atoms with E-state index in [4.69, 9.17) is 33.2 Å². The van der Waals surface area contributed by atoms with Crippen LogP contribution in [0.15, 0.2) is 48.5 Å². The Morgan fingerprint density at radius 1 is 0.673 bits per heavy atom. The van der Waals surface area contributed by atoms with Crippen molar-refractivity contribution in [1.29, 1.82) is 0 Å². The molecule has 15 atom stereocenters. The number of hydrogen-bond acceptors (Lipinski definition) is 19. The fourth-order valence-electron chi connectivity index (χ4n) is 6.31. The predicted molar refractivity (Wildman–Crippen MR) is 183 cm³/mol. The second kappa shape index (κ2) is 19.1. The monoisotopic (exact) mass is 784 g/mol. The third kappa shape index (κ3) is 10.5. The summed E-state index contributed by atoms with van der Waals surface area (Å²) in [5, 5.41) is 113. The van der Waals surface area contributed by atoms with Gasteiger partial charge in [-0.15, -0.1) is 0 Å². The Morgan fingerprint density at radius 3 is 2.00 bits per heavy atom. The number of aromatic hydroxyl groups is 3. The summed E-state index contributed by atoms with van der Waals surface area (Å²) in [7, 11) is 0. The molecule has 5 rings (SSSR count). The van der Waals surface area contributed by atoms with Crippen LogP contribution >= 0.6 is 0 Å². The molecule has 3 saturated heterocycles. The lowest BCUT2D eigenvalue weighted by Gasteiger charge is -2.45. The molecule has 0 spiro atoms. The molecule has 11 N–H and O–H groups in total. The van der Waals surface area contributed by atoms with Gasteiger partial charge in [0, 0.05) is 6.08 Å². The van der Waals surface area contributed by atoms with Gasteiger partial charge in [-0.3, -0.25) is 0 Å². The van der Waals surface area contributed by atoms with Crippen molar-refractivity contribution in [1.82, 2.24) is 0 Å². The van der Waals surface area contributed by atoms with Crippen LogP contribution < -0.4 is 0 Å². The highest BCUT2D eigenvalue weighted by Crippen LogP contribution is 2.31. The minimum absolute atomic E-state index is 0.00299. The molecular weight excluding hydrogens is 736 g/mol. The van der Waals surface area contributed by atoms with E-state index in [0.717, 1.165) is 6.08 Å². The van der Waals surface area contributed by atoms with Gasteiger partial charge in [-0.25, -0.2) is 4.79 Å². The van der Waals surface area contributed by atoms with Crippen LogP contribution in [0.5, 0.6) is 17.2 Å². The highest BCUT2D eigenvalue weighted by molar-refractivity contribution is 5.87. The average Bonchev–Trinajstić information content (AvgIpc) is 3.16. The van der Waals surface area contributed by atoms with Gasteiger partial charge in [0.15, 0.2) is 30.2 Å². The summed E-state index contributed by atoms with van der Waals surface area (Å²) in [6, 6.07) is 9.97. The van der Waals surface area contributed by atoms with Gasteiger partial charge in [-0.05, 0) is 54.8 Å². The molecule has 19 nitrogen and oxygen atoms in total. The van der Waals surface area contributed by atoms with Crippen LogP contribution in [0.2, 0.25) is 0 Å². The summed E-state index contributed by atoms with van der Waals surface area (Å²) >= 11 is 0. The van der Waals surface area contributed by atoms with Crippen LogP contribution in [-0.2, 0) is 44.4 Å². The molecule has 0 bridgehead atoms. The van der Waals surface area contributed by atoms with Crippen molar-refractivity contribution < 1.29 is 94.1 Å². The topological polar surface area (TPSA) is 304 Å². The second-order valence-electron chi connectivity index (χ2n) is 13.5. The number of phenols is 3. The quantitative estimate of drug-likeness (QED) is 0.0522. The number of hydrogen-bond donors (Lipinski definition) is 11. The fraction of sp³-hybridized carbons (Fsp3) is 0.583. The van der Waals surface area contributed by atoms with Gasteiger partial charge in [0.05, 0.1) is 32.5 Å². The highest BCUT2D eigenvalue weighted by Gasteiger charge is 2.51. The molecule has 3 aliphatic rings. The molecule has 3 aliphatic heterocycles. The van der Waals surface area contributed by atoms with E-state index in [1.165, 1.54) is 55.5 Å². The lowest BCUT2D eigenvalue weighted by Crippen LogP contribution is -2.64. The second-order valence-corrected chi connectivity index (χ2v) is 13.5. The van der Waals surface area contributed by atoms with E-state index in [9.17, 15) is 61.0 Å². The average molecular weight is 785 g/mol. The maximum absolute atomic E-state index is 13.3. The Bertz CT molecular complexity index is 1560. The molecule has 0 unspecified atom stereocenters. The van der Waals surface area contributed by atoms with Gasteiger partial charge in [-0.1, -0.05) is 18.2 Å². The Kier molecular flexibility index (Phi) is 14.8. The van der Waals surface area contributed by atoms with E-state index in [1.807, 2.05) is 0 Å². The third-order valence-corrected chi connectivity index (χ3v) is 9.56. The van der Waals surface area contributed by atoms with Crippen molar-refractivity contribution in [3.8, 4) is 17.2 Å². The summed E-state index contributed by atoms with van der Waals surface area (Å²) in [4.78, 5) is 13.3. The van der Waals surface area contributed by atoms with Crippen molar-refractivity contribution >= 4 is 12.0 Å². The fourth-order valence-corrected chi connectivity index (χ4v) is 6.31. The van der Waals surface area contributed by atoms with Gasteiger partial charge < -0.3 is 89.3 Å². The highest BCUT2D eigenvalue weighted by atomic mass is 16.7. The number of aliphatic hydroxyl groups is 8. The molecule has 0 aliphatic carbocycles. The molecule has 55 heavy (non-hydrogen) atoms. The number of esters is 1. The van der Waals surface area contributed by atoms with Gasteiger partial charge in [-0.2, -0.15) is 0 Å². The maximum atomic E-state index is 13.3. The van der Waals surface area contributed by atoms with E-state index >= 15 is 0 Å². The molecule has 2 aromatic rings.